The number of nitrogens with one attached hydrogen (secondary N) is 3. The summed E-state index contributed by atoms with van der Waals surface area (Å²) >= 11 is 6.45. The van der Waals surface area contributed by atoms with Gasteiger partial charge in [-0.3, -0.25) is 57.5 Å². The average molecular weight is 1550 g/mol. The summed E-state index contributed by atoms with van der Waals surface area (Å²) in [4.78, 5) is 194. The Bertz CT molecular complexity index is 3350. The molecule has 2 bridgehead atoms. The molecule has 9 rings (SSSR count). The molecule has 11 atom stereocenters. The molecule has 108 heavy (non-hydrogen) atoms. The van der Waals surface area contributed by atoms with Crippen LogP contribution in [0.4, 0.5) is 26.3 Å². The normalized spacial score (nSPS) is 32.5. The lowest BCUT2D eigenvalue weighted by Crippen LogP contribution is -2.71. The zero-order valence-corrected chi connectivity index (χ0v) is 65.8. The molecule has 31 heteroatoms. The Morgan fingerprint density at radius 2 is 1.22 bits per heavy atom. The molecule has 24 nitrogen and oxygen atoms in total. The summed E-state index contributed by atoms with van der Waals surface area (Å²) in [6.07, 6.45) is 0.344. The van der Waals surface area contributed by atoms with Crippen molar-refractivity contribution in [3.63, 3.8) is 0 Å². The molecule has 0 aromatic carbocycles. The van der Waals surface area contributed by atoms with Crippen molar-refractivity contribution >= 4 is 82.5 Å². The van der Waals surface area contributed by atoms with Gasteiger partial charge in [0.1, 0.15) is 53.9 Å². The quantitative estimate of drug-likeness (QED) is 0.109. The molecule has 12 amide bonds. The lowest BCUT2D eigenvalue weighted by molar-refractivity contribution is -0.184. The first-order chi connectivity index (χ1) is 50.6. The van der Waals surface area contributed by atoms with Gasteiger partial charge in [0, 0.05) is 74.8 Å². The van der Waals surface area contributed by atoms with Gasteiger partial charge in [-0.2, -0.15) is 26.3 Å². The third-order valence-electron chi connectivity index (χ3n) is 25.6. The van der Waals surface area contributed by atoms with Gasteiger partial charge in [0.25, 0.3) is 0 Å². The number of carbonyl (C=O) groups is 12. The van der Waals surface area contributed by atoms with E-state index in [1.54, 1.807) is 12.2 Å². The van der Waals surface area contributed by atoms with Crippen molar-refractivity contribution in [1.29, 1.82) is 0 Å². The Kier molecular flexibility index (Phi) is 27.5. The number of alkyl halides is 7. The highest BCUT2D eigenvalue weighted by Gasteiger charge is 2.62. The Labute approximate surface area is 636 Å². The van der Waals surface area contributed by atoms with Crippen LogP contribution in [0.15, 0.2) is 12.2 Å². The molecule has 8 fully saturated rings. The molecule has 3 unspecified atom stereocenters. The fourth-order valence-corrected chi connectivity index (χ4v) is 19.7. The largest absolute Gasteiger partial charge is 0.393 e. The molecule has 2 saturated heterocycles. The fraction of sp³-hybridized carbons (Fsp3) is 0.818. The molecular weight excluding hydrogens is 1430 g/mol. The molecule has 3 N–H and O–H groups in total. The van der Waals surface area contributed by atoms with Gasteiger partial charge in [0.05, 0.1) is 31.3 Å². The highest BCUT2D eigenvalue weighted by Crippen LogP contribution is 2.56. The van der Waals surface area contributed by atoms with Crippen LogP contribution in [0.25, 0.3) is 0 Å². The van der Waals surface area contributed by atoms with Crippen molar-refractivity contribution in [1.82, 2.24) is 60.0 Å². The minimum atomic E-state index is -4.56. The summed E-state index contributed by atoms with van der Waals surface area (Å²) in [7, 11) is 11.3. The number of carbonyl (C=O) groups excluding carboxylic acids is 12. The van der Waals surface area contributed by atoms with E-state index in [0.717, 1.165) is 22.6 Å². The number of likely N-dealkylation sites (N-methyl/N-ethyl adjacent to an activating group) is 7. The lowest BCUT2D eigenvalue weighted by Gasteiger charge is -2.54. The Balaban J connectivity index is 1.10. The number of fused-ring (bicyclic) bond motifs is 3. The maximum atomic E-state index is 15.8. The van der Waals surface area contributed by atoms with Crippen molar-refractivity contribution in [3.05, 3.63) is 12.2 Å². The maximum absolute atomic E-state index is 15.8. The van der Waals surface area contributed by atoms with Crippen molar-refractivity contribution in [2.24, 2.45) is 46.3 Å². The van der Waals surface area contributed by atoms with Crippen LogP contribution in [-0.2, 0) is 57.5 Å². The van der Waals surface area contributed by atoms with Gasteiger partial charge in [-0.05, 0) is 176 Å². The topological polar surface area (TPSA) is 270 Å². The van der Waals surface area contributed by atoms with Crippen molar-refractivity contribution in [2.75, 3.05) is 82.6 Å². The first kappa shape index (κ1) is 85.3. The van der Waals surface area contributed by atoms with Crippen LogP contribution in [0.2, 0.25) is 0 Å². The third kappa shape index (κ3) is 19.7. The highest BCUT2D eigenvalue weighted by molar-refractivity contribution is 6.21. The summed E-state index contributed by atoms with van der Waals surface area (Å²) in [5.41, 5.74) is -2.70. The van der Waals surface area contributed by atoms with E-state index in [9.17, 15) is 55.1 Å². The van der Waals surface area contributed by atoms with E-state index in [-0.39, 0.29) is 116 Å². The van der Waals surface area contributed by atoms with Gasteiger partial charge in [0.2, 0.25) is 70.9 Å². The van der Waals surface area contributed by atoms with Crippen molar-refractivity contribution in [3.8, 4) is 0 Å². The van der Waals surface area contributed by atoms with Crippen molar-refractivity contribution < 1.29 is 83.9 Å². The molecule has 3 aliphatic heterocycles. The first-order valence-corrected chi connectivity index (χ1v) is 39.8. The minimum absolute atomic E-state index is 0.0489. The molecule has 3 heterocycles. The van der Waals surface area contributed by atoms with Gasteiger partial charge >= 0.3 is 12.4 Å². The van der Waals surface area contributed by atoms with E-state index in [4.69, 9.17) is 11.6 Å². The van der Waals surface area contributed by atoms with Crippen LogP contribution < -0.4 is 16.0 Å². The number of nitrogens with zero attached hydrogens (tertiary/aromatic N) is 9. The Morgan fingerprint density at radius 3 is 1.80 bits per heavy atom. The van der Waals surface area contributed by atoms with Crippen LogP contribution in [0.1, 0.15) is 201 Å². The van der Waals surface area contributed by atoms with Crippen molar-refractivity contribution in [2.45, 2.75) is 272 Å². The number of amides is 12. The molecule has 0 aromatic rings. The van der Waals surface area contributed by atoms with E-state index in [1.807, 2.05) is 20.8 Å². The Hall–Kier alpha value is -6.75. The Morgan fingerprint density at radius 1 is 0.611 bits per heavy atom. The molecule has 0 radical (unpaired) electrons. The number of hydrogen-bond donors (Lipinski definition) is 3. The number of hydrogen-bond acceptors (Lipinski definition) is 12. The second-order valence-corrected chi connectivity index (χ2v) is 35.0. The second-order valence-electron chi connectivity index (χ2n) is 34.4. The van der Waals surface area contributed by atoms with Gasteiger partial charge < -0.3 is 60.0 Å². The van der Waals surface area contributed by atoms with Gasteiger partial charge in [-0.15, -0.1) is 11.6 Å². The molecule has 606 valence electrons. The summed E-state index contributed by atoms with van der Waals surface area (Å²) in [6.45, 7) is 4.28. The van der Waals surface area contributed by atoms with Gasteiger partial charge in [-0.25, -0.2) is 0 Å². The van der Waals surface area contributed by atoms with Crippen LogP contribution in [0.5, 0.6) is 0 Å². The number of halogens is 7. The summed E-state index contributed by atoms with van der Waals surface area (Å²) in [6, 6.07) is -10.5. The molecule has 2 spiro atoms. The zero-order chi connectivity index (χ0) is 79.4. The predicted molar refractivity (Wildman–Crippen MR) is 389 cm³/mol. The average Bonchev–Trinajstić information content (AvgIpc) is 1.44. The summed E-state index contributed by atoms with van der Waals surface area (Å²) < 4.78 is 84.9. The van der Waals surface area contributed by atoms with E-state index in [2.05, 4.69) is 16.0 Å². The number of rotatable bonds is 10. The monoisotopic (exact) mass is 1550 g/mol. The maximum Gasteiger partial charge on any atom is 0.393 e. The molecule has 9 aliphatic rings. The lowest BCUT2D eigenvalue weighted by atomic mass is 9.58. The second kappa shape index (κ2) is 34.9. The van der Waals surface area contributed by atoms with E-state index < -0.39 is 208 Å². The van der Waals surface area contributed by atoms with Crippen LogP contribution in [0, 0.1) is 46.3 Å². The van der Waals surface area contributed by atoms with E-state index in [1.165, 1.54) is 90.7 Å². The van der Waals surface area contributed by atoms with E-state index in [0.29, 0.717) is 57.8 Å². The smallest absolute Gasteiger partial charge is 0.347 e. The summed E-state index contributed by atoms with van der Waals surface area (Å²) in [5.74, 6) is -13.5. The van der Waals surface area contributed by atoms with Gasteiger partial charge in [-0.1, -0.05) is 65.0 Å². The van der Waals surface area contributed by atoms with Crippen LogP contribution in [-0.4, -0.2) is 269 Å². The molecular formula is C77H117ClF6N12O12. The standard InChI is InChI=1S/C77H117ClF6N12O12/c1-12-20-54-64(100)86-62(48-21-15-16-22-48)70(106)90(7)42-61(99)92(9)55-25-14-13-19-36-95(69(55)105)57(38-47-26-30-50(31-27-47)76(79,80)81)68(104)89(6)41-59(97)85-53(33-29-46-28-32-51(52(78)37-46)77(82,83)84)66(102)96-45-74(34-35-74)40-58(96)65(101)87-75(43-73(2,3)44-75)72(108)94(11)63(49-23-17-18-24-49)71(107)93(10)56(67(103)88(4)5)39-60(98)91(54)8/h13-14,46-58,62-63H,12,15-45H2,1-11H3,(H,85,97)(H,86,100)(H,87,101)/b14-13-/t46?,47?,50?,51?,52?,53-,54-,55-,56-,57-,58-,62-,63-/m0/s1. The fourth-order valence-electron chi connectivity index (χ4n) is 19.2. The minimum Gasteiger partial charge on any atom is -0.347 e. The SMILES string of the molecule is CCC[C@H]1C(=O)N[C@@H](C2CCCC2)C(=O)N(C)CC(=O)N(C)[C@H]2C/C=C\CCN(C2=O)[C@@H](CC2CCC(C(F)(F)F)CC2)C(=O)N(C)CC(=O)N[C@@H](CCC2CCC(C(F)(F)F)C(Cl)C2)C(=O)N2CC3(CC3)C[C@H]2C(=O)NC2(CC(C)(C)C2)C(=O)N(C)[C@@H](C2CCCC2)C(=O)N(C)[C@H](C(=O)N(C)C)CC(=O)N1C. The molecule has 6 aliphatic carbocycles. The van der Waals surface area contributed by atoms with Crippen LogP contribution in [0.3, 0.4) is 0 Å². The molecule has 0 aromatic heterocycles. The first-order valence-electron chi connectivity index (χ1n) is 39.3. The third-order valence-corrected chi connectivity index (χ3v) is 26.1. The zero-order valence-electron chi connectivity index (χ0n) is 65.0. The van der Waals surface area contributed by atoms with Gasteiger partial charge in [0.15, 0.2) is 0 Å². The molecule has 6 saturated carbocycles. The predicted octanol–water partition coefficient (Wildman–Crippen LogP) is 7.58. The van der Waals surface area contributed by atoms with Crippen LogP contribution >= 0.6 is 11.6 Å². The summed E-state index contributed by atoms with van der Waals surface area (Å²) in [5, 5.41) is 7.61. The van der Waals surface area contributed by atoms with E-state index >= 15 is 28.8 Å². The highest BCUT2D eigenvalue weighted by atomic mass is 35.5.